The fraction of sp³-hybridized carbons (Fsp3) is 0.372. The normalized spacial score (nSPS) is 18.6. The minimum absolute atomic E-state index is 0.0913. The van der Waals surface area contributed by atoms with Crippen molar-refractivity contribution >= 4 is 63.9 Å². The SMILES string of the molecule is CNc1cc(N2CCc3c(-c4ccc(CN5CCC6(CCN(C(=O)c7cc(C)c(Cl)c(N8CCC(=O)NC8=O)c7)CC6)C(F)(F)C5)cn4)cc(F)cc32)nn2c(C(N)=O)cnc12. The number of nitrogens with zero attached hydrogens (tertiary/aromatic N) is 8. The van der Waals surface area contributed by atoms with Crippen LogP contribution in [-0.4, -0.2) is 105 Å². The van der Waals surface area contributed by atoms with Crippen molar-refractivity contribution < 1.29 is 32.3 Å². The summed E-state index contributed by atoms with van der Waals surface area (Å²) in [5.41, 5.74) is 9.99. The smallest absolute Gasteiger partial charge is 0.328 e. The number of hydrogen-bond acceptors (Lipinski definition) is 10. The van der Waals surface area contributed by atoms with E-state index in [1.807, 2.05) is 11.0 Å². The monoisotopic (exact) mass is 869 g/mol. The van der Waals surface area contributed by atoms with Gasteiger partial charge in [-0.1, -0.05) is 17.7 Å². The fourth-order valence-corrected chi connectivity index (χ4v) is 9.54. The number of benzene rings is 2. The summed E-state index contributed by atoms with van der Waals surface area (Å²) in [6, 6.07) is 10.8. The van der Waals surface area contributed by atoms with Crippen LogP contribution in [-0.2, 0) is 17.8 Å². The molecule has 4 aliphatic heterocycles. The first-order valence-electron chi connectivity index (χ1n) is 20.4. The van der Waals surface area contributed by atoms with Gasteiger partial charge < -0.3 is 20.9 Å². The number of anilines is 4. The van der Waals surface area contributed by atoms with Crippen LogP contribution in [0.2, 0.25) is 5.02 Å². The molecule has 0 saturated carbocycles. The highest BCUT2D eigenvalue weighted by Crippen LogP contribution is 2.51. The molecule has 4 N–H and O–H groups in total. The highest BCUT2D eigenvalue weighted by Gasteiger charge is 2.57. The van der Waals surface area contributed by atoms with E-state index < -0.39 is 41.5 Å². The van der Waals surface area contributed by atoms with Crippen molar-refractivity contribution in [2.75, 3.05) is 61.4 Å². The van der Waals surface area contributed by atoms with Gasteiger partial charge in [-0.05, 0) is 86.2 Å². The van der Waals surface area contributed by atoms with Crippen LogP contribution < -0.4 is 26.2 Å². The van der Waals surface area contributed by atoms with Crippen molar-refractivity contribution in [2.45, 2.75) is 51.5 Å². The number of aromatic nitrogens is 4. The molecule has 0 bridgehead atoms. The van der Waals surface area contributed by atoms with E-state index in [0.29, 0.717) is 70.4 Å². The number of halogens is 4. The first kappa shape index (κ1) is 41.1. The standard InChI is InChI=1S/C43H43ClF3N11O4/c1-24-15-26(16-33(37(24)44)57-11-6-36(59)52-41(57)62)40(61)55-13-8-42(9-14-55)7-12-54(23-43(42,46)47)22-25-3-4-30(50-20-25)29-17-27(45)18-32-28(29)5-10-56(32)35-19-31(49-2)39-51-21-34(38(48)60)58(39)53-35/h3-4,15-21,49H,5-14,22-23H2,1-2H3,(H2,48,60)(H,52,59,62). The van der Waals surface area contributed by atoms with Gasteiger partial charge in [0.15, 0.2) is 11.5 Å². The lowest BCUT2D eigenvalue weighted by atomic mass is 9.68. The maximum Gasteiger partial charge on any atom is 0.328 e. The third-order valence-electron chi connectivity index (χ3n) is 12.8. The first-order chi connectivity index (χ1) is 29.6. The fourth-order valence-electron chi connectivity index (χ4n) is 9.33. The number of carbonyl (C=O) groups is 4. The molecule has 3 fully saturated rings. The number of nitrogens with one attached hydrogen (secondary N) is 2. The molecule has 0 radical (unpaired) electrons. The van der Waals surface area contributed by atoms with Gasteiger partial charge in [-0.25, -0.2) is 27.5 Å². The average molecular weight is 870 g/mol. The number of aryl methyl sites for hydroxylation is 1. The minimum atomic E-state index is -3.02. The number of carbonyl (C=O) groups excluding carboxylic acids is 4. The van der Waals surface area contributed by atoms with Crippen LogP contribution >= 0.6 is 11.6 Å². The second-order valence-corrected chi connectivity index (χ2v) is 16.8. The van der Waals surface area contributed by atoms with Gasteiger partial charge in [-0.3, -0.25) is 34.5 Å². The Morgan fingerprint density at radius 2 is 1.69 bits per heavy atom. The second kappa shape index (κ2) is 15.6. The van der Waals surface area contributed by atoms with E-state index in [2.05, 4.69) is 25.7 Å². The highest BCUT2D eigenvalue weighted by atomic mass is 35.5. The van der Waals surface area contributed by atoms with E-state index in [0.717, 1.165) is 11.1 Å². The van der Waals surface area contributed by atoms with Crippen LogP contribution in [0.3, 0.4) is 0 Å². The number of urea groups is 1. The molecule has 0 aliphatic carbocycles. The van der Waals surface area contributed by atoms with Gasteiger partial charge >= 0.3 is 6.03 Å². The molecule has 3 saturated heterocycles. The molecule has 2 aromatic carbocycles. The summed E-state index contributed by atoms with van der Waals surface area (Å²) in [4.78, 5) is 65.5. The van der Waals surface area contributed by atoms with Crippen molar-refractivity contribution in [1.82, 2.24) is 34.7 Å². The van der Waals surface area contributed by atoms with Crippen LogP contribution in [0.4, 0.5) is 40.8 Å². The number of hydrogen-bond donors (Lipinski definition) is 3. The molecule has 0 unspecified atom stereocenters. The Balaban J connectivity index is 0.856. The Morgan fingerprint density at radius 3 is 2.39 bits per heavy atom. The quantitative estimate of drug-likeness (QED) is 0.170. The van der Waals surface area contributed by atoms with Crippen LogP contribution in [0.1, 0.15) is 63.2 Å². The molecule has 62 heavy (non-hydrogen) atoms. The molecule has 0 atom stereocenters. The molecule has 3 aromatic heterocycles. The summed E-state index contributed by atoms with van der Waals surface area (Å²) in [6.45, 7) is 2.88. The Kier molecular flexibility index (Phi) is 10.3. The first-order valence-corrected chi connectivity index (χ1v) is 20.8. The topological polar surface area (TPSA) is 174 Å². The predicted molar refractivity (Wildman–Crippen MR) is 225 cm³/mol. The summed E-state index contributed by atoms with van der Waals surface area (Å²) in [5, 5.41) is 10.3. The number of likely N-dealkylation sites (tertiary alicyclic amines) is 2. The highest BCUT2D eigenvalue weighted by molar-refractivity contribution is 6.35. The Bertz CT molecular complexity index is 2670. The Morgan fingerprint density at radius 1 is 0.935 bits per heavy atom. The largest absolute Gasteiger partial charge is 0.385 e. The summed E-state index contributed by atoms with van der Waals surface area (Å²) in [5.74, 6) is -4.43. The number of piperidine rings is 2. The zero-order chi connectivity index (χ0) is 43.7. The van der Waals surface area contributed by atoms with Crippen molar-refractivity contribution in [3.63, 3.8) is 0 Å². The number of primary amides is 1. The van der Waals surface area contributed by atoms with Crippen molar-refractivity contribution in [2.24, 2.45) is 11.1 Å². The van der Waals surface area contributed by atoms with Crippen LogP contribution in [0.15, 0.2) is 54.9 Å². The summed E-state index contributed by atoms with van der Waals surface area (Å²) >= 11 is 6.54. The lowest BCUT2D eigenvalue weighted by Crippen LogP contribution is -2.59. The van der Waals surface area contributed by atoms with E-state index in [9.17, 15) is 19.2 Å². The maximum absolute atomic E-state index is 16.2. The number of imidazole rings is 1. The molecular formula is C43H43ClF3N11O4. The third-order valence-corrected chi connectivity index (χ3v) is 13.3. The molecule has 19 heteroatoms. The third kappa shape index (κ3) is 7.13. The molecule has 5 amide bonds. The van der Waals surface area contributed by atoms with Crippen molar-refractivity contribution in [3.8, 4) is 11.3 Å². The van der Waals surface area contributed by atoms with E-state index in [1.54, 1.807) is 48.2 Å². The Labute approximate surface area is 359 Å². The molecule has 1 spiro atoms. The zero-order valence-corrected chi connectivity index (χ0v) is 34.7. The zero-order valence-electron chi connectivity index (χ0n) is 34.0. The van der Waals surface area contributed by atoms with E-state index in [4.69, 9.17) is 17.3 Å². The summed E-state index contributed by atoms with van der Waals surface area (Å²) in [7, 11) is 1.72. The second-order valence-electron chi connectivity index (χ2n) is 16.4. The lowest BCUT2D eigenvalue weighted by molar-refractivity contribution is -0.186. The van der Waals surface area contributed by atoms with Gasteiger partial charge in [0, 0.05) is 80.7 Å². The van der Waals surface area contributed by atoms with Crippen molar-refractivity contribution in [3.05, 3.63) is 93.6 Å². The van der Waals surface area contributed by atoms with Gasteiger partial charge in [0.1, 0.15) is 11.5 Å². The van der Waals surface area contributed by atoms with Crippen LogP contribution in [0, 0.1) is 18.2 Å². The molecular weight excluding hydrogens is 827 g/mol. The number of amides is 5. The number of imide groups is 1. The molecule has 322 valence electrons. The van der Waals surface area contributed by atoms with Gasteiger partial charge in [0.2, 0.25) is 5.91 Å². The summed E-state index contributed by atoms with van der Waals surface area (Å²) in [6.07, 6.45) is 4.20. The van der Waals surface area contributed by atoms with Gasteiger partial charge in [-0.15, -0.1) is 5.10 Å². The predicted octanol–water partition coefficient (Wildman–Crippen LogP) is 5.94. The summed E-state index contributed by atoms with van der Waals surface area (Å²) < 4.78 is 49.1. The molecule has 4 aliphatic rings. The van der Waals surface area contributed by atoms with Crippen molar-refractivity contribution in [1.29, 1.82) is 0 Å². The number of fused-ring (bicyclic) bond motifs is 2. The molecule has 5 aromatic rings. The minimum Gasteiger partial charge on any atom is -0.385 e. The van der Waals surface area contributed by atoms with E-state index in [-0.39, 0.29) is 68.5 Å². The van der Waals surface area contributed by atoms with E-state index >= 15 is 13.2 Å². The number of pyridine rings is 1. The van der Waals surface area contributed by atoms with Crippen LogP contribution in [0.25, 0.3) is 16.9 Å². The number of nitrogens with two attached hydrogens (primary N) is 1. The van der Waals surface area contributed by atoms with E-state index in [1.165, 1.54) is 33.8 Å². The Hall–Kier alpha value is -6.27. The number of alkyl halides is 2. The molecule has 15 nitrogen and oxygen atoms in total. The van der Waals surface area contributed by atoms with Gasteiger partial charge in [-0.2, -0.15) is 0 Å². The number of rotatable bonds is 8. The molecule has 9 rings (SSSR count). The average Bonchev–Trinajstić information content (AvgIpc) is 3.88. The lowest BCUT2D eigenvalue weighted by Gasteiger charge is -2.51. The van der Waals surface area contributed by atoms with Gasteiger partial charge in [0.05, 0.1) is 34.8 Å². The van der Waals surface area contributed by atoms with Crippen LogP contribution in [0.5, 0.6) is 0 Å². The maximum atomic E-state index is 16.2. The van der Waals surface area contributed by atoms with Gasteiger partial charge in [0.25, 0.3) is 17.7 Å². The molecule has 7 heterocycles.